The Morgan fingerprint density at radius 1 is 1.13 bits per heavy atom. The molecule has 5 nitrogen and oxygen atoms in total. The van der Waals surface area contributed by atoms with Gasteiger partial charge in [0.15, 0.2) is 0 Å². The number of amides is 2. The van der Waals surface area contributed by atoms with Crippen molar-refractivity contribution in [1.82, 2.24) is 10.7 Å². The lowest BCUT2D eigenvalue weighted by Crippen LogP contribution is -2.35. The first kappa shape index (κ1) is 16.8. The molecule has 2 N–H and O–H groups in total. The van der Waals surface area contributed by atoms with E-state index < -0.39 is 5.91 Å². The van der Waals surface area contributed by atoms with E-state index in [1.54, 1.807) is 24.3 Å². The monoisotopic (exact) mass is 377 g/mol. The molecule has 0 aliphatic heterocycles. The third kappa shape index (κ3) is 5.30. The van der Waals surface area contributed by atoms with Crippen LogP contribution in [-0.4, -0.2) is 24.6 Å². The number of hydrogen-bond acceptors (Lipinski definition) is 3. The largest absolute Gasteiger partial charge is 0.343 e. The SMILES string of the molecule is O=C(CNC(=O)c1ccccc1Br)N/N=C\c1ccc(F)cc1. The quantitative estimate of drug-likeness (QED) is 0.620. The first-order valence-electron chi connectivity index (χ1n) is 6.66. The molecule has 2 rings (SSSR count). The molecule has 2 amide bonds. The average Bonchev–Trinajstić information content (AvgIpc) is 2.55. The van der Waals surface area contributed by atoms with Crippen LogP contribution in [0.25, 0.3) is 0 Å². The number of carbonyl (C=O) groups is 2. The summed E-state index contributed by atoms with van der Waals surface area (Å²) in [5.41, 5.74) is 3.36. The highest BCUT2D eigenvalue weighted by Gasteiger charge is 2.10. The molecule has 0 fully saturated rings. The van der Waals surface area contributed by atoms with Crippen LogP contribution in [0.2, 0.25) is 0 Å². The zero-order chi connectivity index (χ0) is 16.7. The van der Waals surface area contributed by atoms with E-state index in [9.17, 15) is 14.0 Å². The Bertz CT molecular complexity index is 732. The van der Waals surface area contributed by atoms with E-state index in [2.05, 4.69) is 31.8 Å². The highest BCUT2D eigenvalue weighted by molar-refractivity contribution is 9.10. The minimum absolute atomic E-state index is 0.207. The lowest BCUT2D eigenvalue weighted by atomic mass is 10.2. The second-order valence-electron chi connectivity index (χ2n) is 4.51. The van der Waals surface area contributed by atoms with Gasteiger partial charge in [-0.2, -0.15) is 5.10 Å². The minimum Gasteiger partial charge on any atom is -0.343 e. The molecule has 0 aliphatic rings. The Morgan fingerprint density at radius 3 is 2.52 bits per heavy atom. The first-order chi connectivity index (χ1) is 11.1. The molecule has 0 spiro atoms. The highest BCUT2D eigenvalue weighted by atomic mass is 79.9. The summed E-state index contributed by atoms with van der Waals surface area (Å²) in [6, 6.07) is 12.5. The fourth-order valence-corrected chi connectivity index (χ4v) is 2.13. The normalized spacial score (nSPS) is 10.5. The van der Waals surface area contributed by atoms with Crippen molar-refractivity contribution < 1.29 is 14.0 Å². The Hall–Kier alpha value is -2.54. The maximum absolute atomic E-state index is 12.7. The first-order valence-corrected chi connectivity index (χ1v) is 7.46. The number of rotatable bonds is 5. The Morgan fingerprint density at radius 2 is 1.83 bits per heavy atom. The van der Waals surface area contributed by atoms with Gasteiger partial charge < -0.3 is 5.32 Å². The molecule has 0 atom stereocenters. The maximum Gasteiger partial charge on any atom is 0.259 e. The van der Waals surface area contributed by atoms with Crippen LogP contribution in [0.3, 0.4) is 0 Å². The fraction of sp³-hybridized carbons (Fsp3) is 0.0625. The zero-order valence-electron chi connectivity index (χ0n) is 11.9. The fourth-order valence-electron chi connectivity index (χ4n) is 1.67. The highest BCUT2D eigenvalue weighted by Crippen LogP contribution is 2.15. The molecule has 2 aromatic carbocycles. The summed E-state index contributed by atoms with van der Waals surface area (Å²) in [4.78, 5) is 23.5. The van der Waals surface area contributed by atoms with Gasteiger partial charge in [0.25, 0.3) is 11.8 Å². The Balaban J connectivity index is 1.80. The van der Waals surface area contributed by atoms with Crippen LogP contribution in [0.5, 0.6) is 0 Å². The van der Waals surface area contributed by atoms with Crippen molar-refractivity contribution in [3.8, 4) is 0 Å². The third-order valence-electron chi connectivity index (χ3n) is 2.80. The number of hydrazone groups is 1. The average molecular weight is 378 g/mol. The molecule has 118 valence electrons. The van der Waals surface area contributed by atoms with Crippen LogP contribution < -0.4 is 10.7 Å². The van der Waals surface area contributed by atoms with Crippen LogP contribution in [-0.2, 0) is 4.79 Å². The number of halogens is 2. The molecule has 0 bridgehead atoms. The molecule has 0 aromatic heterocycles. The molecule has 0 saturated heterocycles. The molecule has 7 heteroatoms. The lowest BCUT2D eigenvalue weighted by Gasteiger charge is -2.05. The van der Waals surface area contributed by atoms with Gasteiger partial charge in [-0.1, -0.05) is 24.3 Å². The van der Waals surface area contributed by atoms with Gasteiger partial charge in [-0.15, -0.1) is 0 Å². The van der Waals surface area contributed by atoms with Crippen LogP contribution in [0.1, 0.15) is 15.9 Å². The van der Waals surface area contributed by atoms with Gasteiger partial charge in [0, 0.05) is 4.47 Å². The van der Waals surface area contributed by atoms with Crippen LogP contribution in [0.4, 0.5) is 4.39 Å². The van der Waals surface area contributed by atoms with Crippen LogP contribution >= 0.6 is 15.9 Å². The molecular weight excluding hydrogens is 365 g/mol. The van der Waals surface area contributed by atoms with Crippen molar-refractivity contribution in [1.29, 1.82) is 0 Å². The molecule has 0 unspecified atom stereocenters. The number of benzene rings is 2. The summed E-state index contributed by atoms with van der Waals surface area (Å²) in [7, 11) is 0. The number of nitrogens with one attached hydrogen (secondary N) is 2. The van der Waals surface area contributed by atoms with Gasteiger partial charge in [0.2, 0.25) is 0 Å². The van der Waals surface area contributed by atoms with Crippen LogP contribution in [0, 0.1) is 5.82 Å². The standard InChI is InChI=1S/C16H13BrFN3O2/c17-14-4-2-1-3-13(14)16(23)19-10-15(22)21-20-9-11-5-7-12(18)8-6-11/h1-9H,10H2,(H,19,23)(H,21,22)/b20-9-. The van der Waals surface area contributed by atoms with Gasteiger partial charge in [-0.3, -0.25) is 9.59 Å². The minimum atomic E-state index is -0.469. The summed E-state index contributed by atoms with van der Waals surface area (Å²) in [5.74, 6) is -1.18. The van der Waals surface area contributed by atoms with Crippen molar-refractivity contribution in [3.05, 3.63) is 69.9 Å². The van der Waals surface area contributed by atoms with Gasteiger partial charge >= 0.3 is 0 Å². The van der Waals surface area contributed by atoms with E-state index >= 15 is 0 Å². The van der Waals surface area contributed by atoms with E-state index in [4.69, 9.17) is 0 Å². The van der Waals surface area contributed by atoms with Crippen LogP contribution in [0.15, 0.2) is 58.1 Å². The van der Waals surface area contributed by atoms with Crippen molar-refractivity contribution in [2.75, 3.05) is 6.54 Å². The van der Waals surface area contributed by atoms with Crippen molar-refractivity contribution >= 4 is 34.0 Å². The van der Waals surface area contributed by atoms with Crippen molar-refractivity contribution in [2.24, 2.45) is 5.10 Å². The van der Waals surface area contributed by atoms with E-state index in [1.165, 1.54) is 30.5 Å². The molecule has 0 saturated carbocycles. The molecule has 0 radical (unpaired) electrons. The van der Waals surface area contributed by atoms with Gasteiger partial charge in [0.05, 0.1) is 18.3 Å². The summed E-state index contributed by atoms with van der Waals surface area (Å²) >= 11 is 3.27. The molecule has 2 aromatic rings. The lowest BCUT2D eigenvalue weighted by molar-refractivity contribution is -0.120. The van der Waals surface area contributed by atoms with Gasteiger partial charge in [-0.25, -0.2) is 9.82 Å². The Labute approximate surface area is 140 Å². The predicted molar refractivity (Wildman–Crippen MR) is 88.6 cm³/mol. The number of hydrogen-bond donors (Lipinski definition) is 2. The summed E-state index contributed by atoms with van der Waals surface area (Å²) in [5, 5.41) is 6.22. The van der Waals surface area contributed by atoms with E-state index in [1.807, 2.05) is 0 Å². The summed E-state index contributed by atoms with van der Waals surface area (Å²) < 4.78 is 13.4. The molecule has 0 aliphatic carbocycles. The molecule has 0 heterocycles. The zero-order valence-corrected chi connectivity index (χ0v) is 13.5. The summed E-state index contributed by atoms with van der Waals surface area (Å²) in [6.07, 6.45) is 1.38. The van der Waals surface area contributed by atoms with Crippen molar-refractivity contribution in [3.63, 3.8) is 0 Å². The second kappa shape index (κ2) is 8.19. The van der Waals surface area contributed by atoms with Gasteiger partial charge in [0.1, 0.15) is 5.82 Å². The maximum atomic E-state index is 12.7. The number of nitrogens with zero attached hydrogens (tertiary/aromatic N) is 1. The van der Waals surface area contributed by atoms with E-state index in [-0.39, 0.29) is 18.3 Å². The van der Waals surface area contributed by atoms with Crippen molar-refractivity contribution in [2.45, 2.75) is 0 Å². The van der Waals surface area contributed by atoms with Gasteiger partial charge in [-0.05, 0) is 45.8 Å². The topological polar surface area (TPSA) is 70.6 Å². The van der Waals surface area contributed by atoms with E-state index in [0.29, 0.717) is 15.6 Å². The number of carbonyl (C=O) groups excluding carboxylic acids is 2. The summed E-state index contributed by atoms with van der Waals surface area (Å²) in [6.45, 7) is -0.207. The molecular formula is C16H13BrFN3O2. The second-order valence-corrected chi connectivity index (χ2v) is 5.36. The Kier molecular flexibility index (Phi) is 5.99. The third-order valence-corrected chi connectivity index (χ3v) is 3.49. The predicted octanol–water partition coefficient (Wildman–Crippen LogP) is 2.47. The smallest absolute Gasteiger partial charge is 0.259 e. The molecule has 23 heavy (non-hydrogen) atoms. The van der Waals surface area contributed by atoms with E-state index in [0.717, 1.165) is 0 Å².